The molecule has 126 valence electrons. The van der Waals surface area contributed by atoms with Crippen molar-refractivity contribution in [2.75, 3.05) is 13.6 Å². The number of nitrogens with zero attached hydrogens (tertiary/aromatic N) is 4. The molecule has 3 N–H and O–H groups in total. The fourth-order valence-electron chi connectivity index (χ4n) is 3.05. The number of benzene rings is 1. The monoisotopic (exact) mass is 328 g/mol. The molecule has 0 saturated carbocycles. The topological polar surface area (TPSA) is 94.3 Å². The molecule has 1 aromatic carbocycles. The van der Waals surface area contributed by atoms with Crippen molar-refractivity contribution in [1.82, 2.24) is 20.1 Å². The van der Waals surface area contributed by atoms with Crippen molar-refractivity contribution < 1.29 is 9.59 Å². The summed E-state index contributed by atoms with van der Waals surface area (Å²) in [5.41, 5.74) is 3.56. The predicted molar refractivity (Wildman–Crippen MR) is 89.4 cm³/mol. The molecule has 0 radical (unpaired) electrons. The highest BCUT2D eigenvalue weighted by molar-refractivity contribution is 6.03. The molecule has 1 fully saturated rings. The molecular weight excluding hydrogens is 308 g/mol. The van der Waals surface area contributed by atoms with Gasteiger partial charge < -0.3 is 9.80 Å². The smallest absolute Gasteiger partial charge is 0.322 e. The van der Waals surface area contributed by atoms with Crippen LogP contribution in [0.5, 0.6) is 0 Å². The Balaban J connectivity index is 1.94. The quantitative estimate of drug-likeness (QED) is 0.464. The van der Waals surface area contributed by atoms with E-state index in [1.807, 2.05) is 30.3 Å². The van der Waals surface area contributed by atoms with E-state index in [1.165, 1.54) is 15.9 Å². The number of likely N-dealkylation sites (N-methyl/N-ethyl adjacent to an activating group) is 1. The van der Waals surface area contributed by atoms with Gasteiger partial charge in [0.05, 0.1) is 0 Å². The number of rotatable bonds is 4. The van der Waals surface area contributed by atoms with E-state index in [0.29, 0.717) is 12.5 Å². The van der Waals surface area contributed by atoms with Crippen LogP contribution in [-0.2, 0) is 11.3 Å². The van der Waals surface area contributed by atoms with Gasteiger partial charge >= 0.3 is 6.03 Å². The Hall–Kier alpha value is -2.87. The van der Waals surface area contributed by atoms with Crippen molar-refractivity contribution >= 4 is 17.9 Å². The number of guanidine groups is 1. The first kappa shape index (κ1) is 16.0. The van der Waals surface area contributed by atoms with Gasteiger partial charge in [0.2, 0.25) is 5.96 Å². The minimum absolute atomic E-state index is 0.162. The largest absolute Gasteiger partial charge is 0.328 e. The van der Waals surface area contributed by atoms with Crippen LogP contribution in [0.15, 0.2) is 48.0 Å². The summed E-state index contributed by atoms with van der Waals surface area (Å²) in [6.07, 6.45) is 0.935. The van der Waals surface area contributed by atoms with Gasteiger partial charge in [-0.3, -0.25) is 15.1 Å². The van der Waals surface area contributed by atoms with Gasteiger partial charge in [-0.05, 0) is 5.56 Å². The van der Waals surface area contributed by atoms with Gasteiger partial charge in [-0.25, -0.2) is 15.6 Å². The average molecular weight is 328 g/mol. The van der Waals surface area contributed by atoms with Gasteiger partial charge in [0.25, 0.3) is 5.91 Å². The van der Waals surface area contributed by atoms with Crippen molar-refractivity contribution in [3.05, 3.63) is 48.6 Å². The zero-order valence-electron chi connectivity index (χ0n) is 13.4. The second-order valence-corrected chi connectivity index (χ2v) is 5.70. The molecule has 0 spiro atoms. The molecule has 0 aliphatic carbocycles. The summed E-state index contributed by atoms with van der Waals surface area (Å²) in [6.45, 7) is 4.23. The molecule has 2 aliphatic rings. The Labute approximate surface area is 140 Å². The van der Waals surface area contributed by atoms with E-state index < -0.39 is 12.2 Å². The van der Waals surface area contributed by atoms with Crippen molar-refractivity contribution in [3.8, 4) is 0 Å². The second kappa shape index (κ2) is 6.32. The summed E-state index contributed by atoms with van der Waals surface area (Å²) in [5.74, 6) is 5.68. The highest BCUT2D eigenvalue weighted by atomic mass is 16.2. The molecule has 2 aliphatic heterocycles. The number of fused-ring (bicyclic) bond motifs is 1. The van der Waals surface area contributed by atoms with Crippen LogP contribution in [0.25, 0.3) is 0 Å². The Morgan fingerprint density at radius 1 is 1.33 bits per heavy atom. The van der Waals surface area contributed by atoms with E-state index in [4.69, 9.17) is 5.84 Å². The summed E-state index contributed by atoms with van der Waals surface area (Å²) in [6, 6.07) is 8.71. The lowest BCUT2D eigenvalue weighted by atomic mass is 10.1. The normalized spacial score (nSPS) is 23.2. The molecule has 24 heavy (non-hydrogen) atoms. The number of hydrazine groups is 1. The van der Waals surface area contributed by atoms with E-state index in [2.05, 4.69) is 17.0 Å². The molecule has 2 unspecified atom stereocenters. The SMILES string of the molecule is C=CCN1C(=O)C2C(N=C(NN)N2Cc2ccccc2)N(C)C1=O. The zero-order valence-corrected chi connectivity index (χ0v) is 13.4. The van der Waals surface area contributed by atoms with Gasteiger partial charge in [0, 0.05) is 20.1 Å². The van der Waals surface area contributed by atoms with Crippen LogP contribution in [-0.4, -0.2) is 58.4 Å². The van der Waals surface area contributed by atoms with E-state index in [1.54, 1.807) is 11.9 Å². The number of nitrogens with two attached hydrogens (primary N) is 1. The molecular formula is C16H20N6O2. The van der Waals surface area contributed by atoms with E-state index in [9.17, 15) is 9.59 Å². The molecule has 8 nitrogen and oxygen atoms in total. The summed E-state index contributed by atoms with van der Waals surface area (Å²) in [4.78, 5) is 34.1. The number of carbonyl (C=O) groups excluding carboxylic acids is 2. The maximum absolute atomic E-state index is 12.9. The van der Waals surface area contributed by atoms with Crippen LogP contribution in [0.3, 0.4) is 0 Å². The average Bonchev–Trinajstić information content (AvgIpc) is 2.96. The van der Waals surface area contributed by atoms with Crippen LogP contribution in [0.2, 0.25) is 0 Å². The molecule has 2 heterocycles. The van der Waals surface area contributed by atoms with Gasteiger partial charge in [-0.1, -0.05) is 36.4 Å². The number of nitrogens with one attached hydrogen (secondary N) is 1. The van der Waals surface area contributed by atoms with Gasteiger partial charge in [-0.2, -0.15) is 0 Å². The van der Waals surface area contributed by atoms with Crippen molar-refractivity contribution in [2.24, 2.45) is 10.8 Å². The van der Waals surface area contributed by atoms with E-state index >= 15 is 0 Å². The van der Waals surface area contributed by atoms with Crippen LogP contribution in [0.4, 0.5) is 4.79 Å². The summed E-state index contributed by atoms with van der Waals surface area (Å²) < 4.78 is 0. The second-order valence-electron chi connectivity index (χ2n) is 5.70. The molecule has 1 saturated heterocycles. The molecule has 8 heteroatoms. The lowest BCUT2D eigenvalue weighted by Gasteiger charge is -2.41. The Bertz CT molecular complexity index is 689. The number of hydrogen-bond acceptors (Lipinski definition) is 6. The van der Waals surface area contributed by atoms with Gasteiger partial charge in [-0.15, -0.1) is 6.58 Å². The first-order chi connectivity index (χ1) is 11.6. The first-order valence-corrected chi connectivity index (χ1v) is 7.62. The summed E-state index contributed by atoms with van der Waals surface area (Å²) in [5, 5.41) is 0. The fourth-order valence-corrected chi connectivity index (χ4v) is 3.05. The van der Waals surface area contributed by atoms with Crippen LogP contribution in [0, 0.1) is 0 Å². The molecule has 0 aromatic heterocycles. The maximum Gasteiger partial charge on any atom is 0.328 e. The van der Waals surface area contributed by atoms with E-state index in [0.717, 1.165) is 5.56 Å². The standard InChI is InChI=1S/C16H20N6O2/c1-3-9-21-14(23)12-13(20(2)16(21)24)18-15(19-17)22(12)10-11-7-5-4-6-8-11/h3-8,12-13H,1,9-10,17H2,2H3,(H,18,19). The third kappa shape index (κ3) is 2.50. The summed E-state index contributed by atoms with van der Waals surface area (Å²) in [7, 11) is 1.63. The van der Waals surface area contributed by atoms with Crippen LogP contribution >= 0.6 is 0 Å². The lowest BCUT2D eigenvalue weighted by Crippen LogP contribution is -2.65. The number of hydrogen-bond donors (Lipinski definition) is 2. The number of carbonyl (C=O) groups is 2. The molecule has 3 rings (SSSR count). The van der Waals surface area contributed by atoms with Crippen molar-refractivity contribution in [1.29, 1.82) is 0 Å². The number of aliphatic imine (C=N–C) groups is 1. The number of amides is 3. The Morgan fingerprint density at radius 3 is 2.67 bits per heavy atom. The van der Waals surface area contributed by atoms with E-state index in [-0.39, 0.29) is 18.5 Å². The predicted octanol–water partition coefficient (Wildman–Crippen LogP) is 0.0962. The molecule has 0 bridgehead atoms. The van der Waals surface area contributed by atoms with Crippen molar-refractivity contribution in [3.63, 3.8) is 0 Å². The molecule has 2 atom stereocenters. The highest BCUT2D eigenvalue weighted by Gasteiger charge is 2.51. The van der Waals surface area contributed by atoms with Gasteiger partial charge in [0.1, 0.15) is 0 Å². The van der Waals surface area contributed by atoms with Crippen molar-refractivity contribution in [2.45, 2.75) is 18.8 Å². The van der Waals surface area contributed by atoms with Crippen LogP contribution in [0.1, 0.15) is 5.56 Å². The number of urea groups is 1. The Kier molecular flexibility index (Phi) is 4.22. The first-order valence-electron chi connectivity index (χ1n) is 7.62. The zero-order chi connectivity index (χ0) is 17.3. The highest BCUT2D eigenvalue weighted by Crippen LogP contribution is 2.28. The third-order valence-corrected chi connectivity index (χ3v) is 4.23. The minimum atomic E-state index is -0.612. The van der Waals surface area contributed by atoms with Gasteiger partial charge in [0.15, 0.2) is 12.2 Å². The van der Waals surface area contributed by atoms with Crippen LogP contribution < -0.4 is 11.3 Å². The lowest BCUT2D eigenvalue weighted by molar-refractivity contribution is -0.137. The fraction of sp³-hybridized carbons (Fsp3) is 0.312. The minimum Gasteiger partial charge on any atom is -0.322 e. The summed E-state index contributed by atoms with van der Waals surface area (Å²) >= 11 is 0. The number of imide groups is 1. The Morgan fingerprint density at radius 2 is 2.04 bits per heavy atom. The maximum atomic E-state index is 12.9. The molecule has 1 aromatic rings. The molecule has 3 amide bonds. The third-order valence-electron chi connectivity index (χ3n) is 4.23.